The predicted molar refractivity (Wildman–Crippen MR) is 88.9 cm³/mol. The van der Waals surface area contributed by atoms with Gasteiger partial charge in [0.15, 0.2) is 0 Å². The van der Waals surface area contributed by atoms with Gasteiger partial charge in [-0.2, -0.15) is 0 Å². The minimum absolute atomic E-state index is 0.188. The molecule has 0 aromatic carbocycles. The van der Waals surface area contributed by atoms with Gasteiger partial charge in [-0.1, -0.05) is 32.9 Å². The molecule has 0 unspecified atom stereocenters. The molecule has 0 aromatic rings. The normalized spacial score (nSPS) is 16.6. The first kappa shape index (κ1) is 18.5. The molecular weight excluding hydrogens is 298 g/mol. The van der Waals surface area contributed by atoms with Crippen LogP contribution in [0, 0.1) is 0 Å². The number of hydrogen-bond donors (Lipinski definition) is 0. The van der Waals surface area contributed by atoms with E-state index in [1.807, 2.05) is 6.08 Å². The second kappa shape index (κ2) is 7.62. The van der Waals surface area contributed by atoms with Crippen LogP contribution in [0.15, 0.2) is 24.5 Å². The van der Waals surface area contributed by atoms with Gasteiger partial charge in [0.25, 0.3) is 5.91 Å². The minimum Gasteiger partial charge on any atom is -0.549 e. The van der Waals surface area contributed by atoms with Gasteiger partial charge in [-0.05, 0) is 37.0 Å². The standard InChI is InChI=1S/C16H27NO4Si/c1-16(2,3)22(4,5)21-12-9-7-6-8-10-14(18)17-11-13-20-15(17)19/h8-10,12H,6-7,11,13H2,1-5H3/b10-8-,12-9+. The second-order valence-electron chi connectivity index (χ2n) is 6.83. The number of carbonyl (C=O) groups excluding carboxylic acids is 2. The molecule has 22 heavy (non-hydrogen) atoms. The van der Waals surface area contributed by atoms with Crippen molar-refractivity contribution in [2.45, 2.75) is 51.7 Å². The molecule has 0 atom stereocenters. The van der Waals surface area contributed by atoms with Gasteiger partial charge in [0.2, 0.25) is 8.32 Å². The number of nitrogens with zero attached hydrogens (tertiary/aromatic N) is 1. The topological polar surface area (TPSA) is 55.8 Å². The summed E-state index contributed by atoms with van der Waals surface area (Å²) in [5.74, 6) is -0.316. The lowest BCUT2D eigenvalue weighted by Gasteiger charge is -2.34. The molecule has 0 aromatic heterocycles. The molecule has 5 nitrogen and oxygen atoms in total. The van der Waals surface area contributed by atoms with Crippen molar-refractivity contribution in [3.63, 3.8) is 0 Å². The highest BCUT2D eigenvalue weighted by Crippen LogP contribution is 2.36. The zero-order valence-corrected chi connectivity index (χ0v) is 15.2. The maximum atomic E-state index is 11.7. The van der Waals surface area contributed by atoms with E-state index in [0.29, 0.717) is 6.54 Å². The fourth-order valence-electron chi connectivity index (χ4n) is 1.52. The van der Waals surface area contributed by atoms with Crippen molar-refractivity contribution in [3.8, 4) is 0 Å². The summed E-state index contributed by atoms with van der Waals surface area (Å²) in [5, 5.41) is 0.188. The lowest BCUT2D eigenvalue weighted by atomic mass is 10.2. The lowest BCUT2D eigenvalue weighted by molar-refractivity contribution is -0.122. The van der Waals surface area contributed by atoms with Crippen molar-refractivity contribution >= 4 is 20.3 Å². The molecule has 1 fully saturated rings. The number of ether oxygens (including phenoxy) is 1. The van der Waals surface area contributed by atoms with E-state index in [0.717, 1.165) is 17.7 Å². The molecule has 6 heteroatoms. The molecule has 1 rings (SSSR count). The molecular formula is C16H27NO4Si. The van der Waals surface area contributed by atoms with Crippen molar-refractivity contribution in [1.29, 1.82) is 0 Å². The Labute approximate surface area is 134 Å². The molecule has 124 valence electrons. The third-order valence-corrected chi connectivity index (χ3v) is 8.39. The van der Waals surface area contributed by atoms with Gasteiger partial charge in [0.05, 0.1) is 12.8 Å². The molecule has 0 bridgehead atoms. The van der Waals surface area contributed by atoms with Gasteiger partial charge in [0, 0.05) is 0 Å². The average Bonchev–Trinajstić information content (AvgIpc) is 2.82. The van der Waals surface area contributed by atoms with E-state index in [1.54, 1.807) is 12.3 Å². The van der Waals surface area contributed by atoms with Crippen LogP contribution in [0.1, 0.15) is 33.6 Å². The molecule has 0 spiro atoms. The van der Waals surface area contributed by atoms with E-state index >= 15 is 0 Å². The number of cyclic esters (lactones) is 1. The van der Waals surface area contributed by atoms with Crippen molar-refractivity contribution < 1.29 is 18.8 Å². The van der Waals surface area contributed by atoms with E-state index in [2.05, 4.69) is 33.9 Å². The van der Waals surface area contributed by atoms with E-state index < -0.39 is 14.4 Å². The summed E-state index contributed by atoms with van der Waals surface area (Å²) in [6.45, 7) is 11.6. The number of allylic oxidation sites excluding steroid dienone is 2. The van der Waals surface area contributed by atoms with Crippen molar-refractivity contribution in [2.75, 3.05) is 13.2 Å². The second-order valence-corrected chi connectivity index (χ2v) is 11.6. The lowest BCUT2D eigenvalue weighted by Crippen LogP contribution is -2.39. The summed E-state index contributed by atoms with van der Waals surface area (Å²) in [6.07, 6.45) is 7.91. The van der Waals surface area contributed by atoms with Crippen molar-refractivity contribution in [2.24, 2.45) is 0 Å². The van der Waals surface area contributed by atoms with Crippen LogP contribution in [-0.4, -0.2) is 38.4 Å². The number of rotatable bonds is 6. The molecule has 0 aliphatic carbocycles. The first-order chi connectivity index (χ1) is 10.1. The summed E-state index contributed by atoms with van der Waals surface area (Å²) in [6, 6.07) is 0. The van der Waals surface area contributed by atoms with Gasteiger partial charge in [-0.15, -0.1) is 0 Å². The molecule has 2 amide bonds. The highest BCUT2D eigenvalue weighted by molar-refractivity contribution is 6.74. The molecule has 1 aliphatic heterocycles. The van der Waals surface area contributed by atoms with Crippen LogP contribution >= 0.6 is 0 Å². The van der Waals surface area contributed by atoms with E-state index in [9.17, 15) is 9.59 Å². The SMILES string of the molecule is CC(C)(C)[Si](C)(C)O/C=C/CC/C=C\C(=O)N1CCOC1=O. The largest absolute Gasteiger partial charge is 0.549 e. The Bertz CT molecular complexity index is 463. The number of carbonyl (C=O) groups is 2. The summed E-state index contributed by atoms with van der Waals surface area (Å²) in [7, 11) is -1.73. The Hall–Kier alpha value is -1.56. The average molecular weight is 325 g/mol. The first-order valence-electron chi connectivity index (χ1n) is 7.63. The molecule has 1 heterocycles. The number of hydrogen-bond acceptors (Lipinski definition) is 4. The van der Waals surface area contributed by atoms with Crippen LogP contribution in [0.2, 0.25) is 18.1 Å². The van der Waals surface area contributed by atoms with Crippen LogP contribution < -0.4 is 0 Å². The fourth-order valence-corrected chi connectivity index (χ4v) is 2.31. The van der Waals surface area contributed by atoms with Crippen LogP contribution in [0.4, 0.5) is 4.79 Å². The van der Waals surface area contributed by atoms with E-state index in [-0.39, 0.29) is 17.6 Å². The third kappa shape index (κ3) is 5.33. The zero-order chi connectivity index (χ0) is 16.8. The fraction of sp³-hybridized carbons (Fsp3) is 0.625. The smallest absolute Gasteiger partial charge is 0.416 e. The molecule has 1 saturated heterocycles. The zero-order valence-electron chi connectivity index (χ0n) is 14.2. The summed E-state index contributed by atoms with van der Waals surface area (Å²) >= 11 is 0. The van der Waals surface area contributed by atoms with E-state index in [1.165, 1.54) is 6.08 Å². The Morgan fingerprint density at radius 3 is 2.50 bits per heavy atom. The third-order valence-electron chi connectivity index (χ3n) is 4.05. The summed E-state index contributed by atoms with van der Waals surface area (Å²) in [5.41, 5.74) is 0. The van der Waals surface area contributed by atoms with Crippen LogP contribution in [0.3, 0.4) is 0 Å². The highest BCUT2D eigenvalue weighted by atomic mass is 28.4. The van der Waals surface area contributed by atoms with Gasteiger partial charge in [-0.25, -0.2) is 9.69 Å². The van der Waals surface area contributed by atoms with Crippen LogP contribution in [0.25, 0.3) is 0 Å². The molecule has 1 aliphatic rings. The van der Waals surface area contributed by atoms with Crippen molar-refractivity contribution in [1.82, 2.24) is 4.90 Å². The molecule has 0 saturated carbocycles. The van der Waals surface area contributed by atoms with Gasteiger partial charge < -0.3 is 9.16 Å². The Kier molecular flexibility index (Phi) is 6.41. The number of amides is 2. The Morgan fingerprint density at radius 2 is 1.95 bits per heavy atom. The quantitative estimate of drug-likeness (QED) is 0.322. The monoisotopic (exact) mass is 325 g/mol. The van der Waals surface area contributed by atoms with Gasteiger partial charge in [0.1, 0.15) is 6.61 Å². The number of imide groups is 1. The maximum Gasteiger partial charge on any atom is 0.416 e. The molecule has 0 N–H and O–H groups in total. The summed E-state index contributed by atoms with van der Waals surface area (Å²) < 4.78 is 10.6. The first-order valence-corrected chi connectivity index (χ1v) is 10.5. The highest BCUT2D eigenvalue weighted by Gasteiger charge is 2.37. The Morgan fingerprint density at radius 1 is 1.32 bits per heavy atom. The van der Waals surface area contributed by atoms with Crippen molar-refractivity contribution in [3.05, 3.63) is 24.5 Å². The van der Waals surface area contributed by atoms with Crippen LogP contribution in [0.5, 0.6) is 0 Å². The summed E-state index contributed by atoms with van der Waals surface area (Å²) in [4.78, 5) is 24.0. The Balaban J connectivity index is 2.27. The van der Waals surface area contributed by atoms with Gasteiger partial charge in [-0.3, -0.25) is 4.79 Å². The van der Waals surface area contributed by atoms with Gasteiger partial charge >= 0.3 is 6.09 Å². The molecule has 0 radical (unpaired) electrons. The van der Waals surface area contributed by atoms with Crippen LogP contribution in [-0.2, 0) is 14.0 Å². The maximum absolute atomic E-state index is 11.7. The predicted octanol–water partition coefficient (Wildman–Crippen LogP) is 3.84. The minimum atomic E-state index is -1.73. The number of unbranched alkanes of at least 4 members (excludes halogenated alkanes) is 1. The van der Waals surface area contributed by atoms with E-state index in [4.69, 9.17) is 9.16 Å².